The highest BCUT2D eigenvalue weighted by molar-refractivity contribution is 7.10. The van der Waals surface area contributed by atoms with Crippen LogP contribution in [0.15, 0.2) is 35.7 Å². The maximum Gasteiger partial charge on any atom is 0.168 e. The minimum Gasteiger partial charge on any atom is -0.398 e. The first-order chi connectivity index (χ1) is 7.66. The molecule has 0 bridgehead atoms. The van der Waals surface area contributed by atoms with Crippen molar-refractivity contribution < 1.29 is 4.79 Å². The molecule has 82 valence electrons. The van der Waals surface area contributed by atoms with Gasteiger partial charge in [-0.05, 0) is 29.6 Å². The number of anilines is 1. The maximum atomic E-state index is 11.9. The summed E-state index contributed by atoms with van der Waals surface area (Å²) in [6.45, 7) is 0. The molecule has 2 nitrogen and oxygen atoms in total. The Morgan fingerprint density at radius 3 is 2.81 bits per heavy atom. The molecule has 0 saturated carbocycles. The van der Waals surface area contributed by atoms with Crippen LogP contribution in [-0.4, -0.2) is 5.78 Å². The van der Waals surface area contributed by atoms with Gasteiger partial charge in [-0.3, -0.25) is 4.79 Å². The van der Waals surface area contributed by atoms with E-state index in [-0.39, 0.29) is 5.78 Å². The smallest absolute Gasteiger partial charge is 0.168 e. The van der Waals surface area contributed by atoms with Gasteiger partial charge in [-0.15, -0.1) is 11.3 Å². The Balaban J connectivity index is 2.18. The SMILES string of the molecule is Nc1ccc(C(=O)Cc2cccs2)cc1Cl. The van der Waals surface area contributed by atoms with Gasteiger partial charge in [0.25, 0.3) is 0 Å². The molecule has 1 aromatic heterocycles. The summed E-state index contributed by atoms with van der Waals surface area (Å²) in [5, 5.41) is 2.38. The summed E-state index contributed by atoms with van der Waals surface area (Å²) < 4.78 is 0. The van der Waals surface area contributed by atoms with E-state index in [1.807, 2.05) is 17.5 Å². The Hall–Kier alpha value is -1.32. The monoisotopic (exact) mass is 251 g/mol. The molecule has 1 heterocycles. The number of thiophene rings is 1. The van der Waals surface area contributed by atoms with Crippen LogP contribution in [0.5, 0.6) is 0 Å². The van der Waals surface area contributed by atoms with E-state index in [0.29, 0.717) is 22.7 Å². The summed E-state index contributed by atoms with van der Waals surface area (Å²) in [6, 6.07) is 8.86. The summed E-state index contributed by atoms with van der Waals surface area (Å²) in [7, 11) is 0. The topological polar surface area (TPSA) is 43.1 Å². The number of hydrogen-bond acceptors (Lipinski definition) is 3. The molecule has 0 fully saturated rings. The molecule has 4 heteroatoms. The summed E-state index contributed by atoms with van der Waals surface area (Å²) in [4.78, 5) is 12.9. The van der Waals surface area contributed by atoms with Crippen LogP contribution in [0.2, 0.25) is 5.02 Å². The van der Waals surface area contributed by atoms with Crippen LogP contribution in [0.3, 0.4) is 0 Å². The van der Waals surface area contributed by atoms with E-state index in [2.05, 4.69) is 0 Å². The molecule has 2 N–H and O–H groups in total. The molecule has 0 unspecified atom stereocenters. The number of halogens is 1. The van der Waals surface area contributed by atoms with Crippen molar-refractivity contribution in [2.45, 2.75) is 6.42 Å². The van der Waals surface area contributed by atoms with Crippen LogP contribution in [0.1, 0.15) is 15.2 Å². The molecule has 2 aromatic rings. The second-order valence-electron chi connectivity index (χ2n) is 3.42. The fraction of sp³-hybridized carbons (Fsp3) is 0.0833. The average molecular weight is 252 g/mol. The number of ketones is 1. The fourth-order valence-electron chi connectivity index (χ4n) is 1.37. The van der Waals surface area contributed by atoms with Gasteiger partial charge in [-0.1, -0.05) is 17.7 Å². The zero-order valence-electron chi connectivity index (χ0n) is 8.44. The third kappa shape index (κ3) is 2.43. The molecule has 0 saturated heterocycles. The van der Waals surface area contributed by atoms with Crippen LogP contribution in [0, 0.1) is 0 Å². The molecule has 0 aliphatic heterocycles. The van der Waals surface area contributed by atoms with Gasteiger partial charge in [0.1, 0.15) is 0 Å². The van der Waals surface area contributed by atoms with Crippen molar-refractivity contribution in [1.29, 1.82) is 0 Å². The van der Waals surface area contributed by atoms with E-state index >= 15 is 0 Å². The van der Waals surface area contributed by atoms with Crippen LogP contribution in [0.25, 0.3) is 0 Å². The first-order valence-corrected chi connectivity index (χ1v) is 6.03. The van der Waals surface area contributed by atoms with Crippen molar-refractivity contribution in [3.05, 3.63) is 51.2 Å². The van der Waals surface area contributed by atoms with E-state index in [1.165, 1.54) is 0 Å². The highest BCUT2D eigenvalue weighted by atomic mass is 35.5. The lowest BCUT2D eigenvalue weighted by molar-refractivity contribution is 0.0994. The predicted molar refractivity (Wildman–Crippen MR) is 68.2 cm³/mol. The number of Topliss-reactive ketones (excluding diaryl/α,β-unsaturated/α-hetero) is 1. The molecular formula is C12H10ClNOS. The summed E-state index contributed by atoms with van der Waals surface area (Å²) >= 11 is 7.44. The van der Waals surface area contributed by atoms with E-state index < -0.39 is 0 Å². The molecule has 16 heavy (non-hydrogen) atoms. The molecular weight excluding hydrogens is 242 g/mol. The van der Waals surface area contributed by atoms with Crippen LogP contribution in [0.4, 0.5) is 5.69 Å². The standard InChI is InChI=1S/C12H10ClNOS/c13-10-6-8(3-4-11(10)14)12(15)7-9-2-1-5-16-9/h1-6H,7,14H2. The molecule has 0 amide bonds. The van der Waals surface area contributed by atoms with Gasteiger partial charge < -0.3 is 5.73 Å². The van der Waals surface area contributed by atoms with Gasteiger partial charge in [0.2, 0.25) is 0 Å². The minimum atomic E-state index is 0.0596. The van der Waals surface area contributed by atoms with Gasteiger partial charge in [-0.25, -0.2) is 0 Å². The Labute approximate surface area is 103 Å². The summed E-state index contributed by atoms with van der Waals surface area (Å²) in [5.74, 6) is 0.0596. The molecule has 0 spiro atoms. The van der Waals surface area contributed by atoms with Crippen molar-refractivity contribution in [1.82, 2.24) is 0 Å². The average Bonchev–Trinajstić information content (AvgIpc) is 2.74. The first-order valence-electron chi connectivity index (χ1n) is 4.77. The van der Waals surface area contributed by atoms with Crippen molar-refractivity contribution >= 4 is 34.4 Å². The lowest BCUT2D eigenvalue weighted by Crippen LogP contribution is -2.02. The van der Waals surface area contributed by atoms with Gasteiger partial charge in [0.15, 0.2) is 5.78 Å². The maximum absolute atomic E-state index is 11.9. The zero-order chi connectivity index (χ0) is 11.5. The Morgan fingerprint density at radius 1 is 1.38 bits per heavy atom. The second-order valence-corrected chi connectivity index (χ2v) is 4.86. The van der Waals surface area contributed by atoms with Gasteiger partial charge in [0.05, 0.1) is 10.7 Å². The highest BCUT2D eigenvalue weighted by Gasteiger charge is 2.09. The normalized spacial score (nSPS) is 10.3. The van der Waals surface area contributed by atoms with E-state index in [4.69, 9.17) is 17.3 Å². The minimum absolute atomic E-state index is 0.0596. The molecule has 1 aromatic carbocycles. The zero-order valence-corrected chi connectivity index (χ0v) is 10.0. The molecule has 2 rings (SSSR count). The number of nitrogen functional groups attached to an aromatic ring is 1. The third-order valence-corrected chi connectivity index (χ3v) is 3.44. The van der Waals surface area contributed by atoms with Crippen LogP contribution in [-0.2, 0) is 6.42 Å². The number of hydrogen-bond donors (Lipinski definition) is 1. The van der Waals surface area contributed by atoms with Crippen molar-refractivity contribution in [2.24, 2.45) is 0 Å². The fourth-order valence-corrected chi connectivity index (χ4v) is 2.26. The van der Waals surface area contributed by atoms with Gasteiger partial charge in [-0.2, -0.15) is 0 Å². The number of rotatable bonds is 3. The number of benzene rings is 1. The van der Waals surface area contributed by atoms with E-state index in [1.54, 1.807) is 29.5 Å². The predicted octanol–water partition coefficient (Wildman–Crippen LogP) is 3.41. The summed E-state index contributed by atoms with van der Waals surface area (Å²) in [5.41, 5.74) is 6.68. The Bertz CT molecular complexity index is 508. The molecule has 0 radical (unpaired) electrons. The third-order valence-electron chi connectivity index (χ3n) is 2.24. The van der Waals surface area contributed by atoms with E-state index in [0.717, 1.165) is 4.88 Å². The van der Waals surface area contributed by atoms with Gasteiger partial charge >= 0.3 is 0 Å². The molecule has 0 aliphatic rings. The van der Waals surface area contributed by atoms with Crippen molar-refractivity contribution in [2.75, 3.05) is 5.73 Å². The lowest BCUT2D eigenvalue weighted by Gasteiger charge is -2.02. The second kappa shape index (κ2) is 4.68. The highest BCUT2D eigenvalue weighted by Crippen LogP contribution is 2.21. The van der Waals surface area contributed by atoms with Crippen molar-refractivity contribution in [3.8, 4) is 0 Å². The molecule has 0 aliphatic carbocycles. The first kappa shape index (κ1) is 11.2. The quantitative estimate of drug-likeness (QED) is 0.671. The Kier molecular flexibility index (Phi) is 3.27. The van der Waals surface area contributed by atoms with Gasteiger partial charge in [0, 0.05) is 16.9 Å². The van der Waals surface area contributed by atoms with Crippen LogP contribution >= 0.6 is 22.9 Å². The molecule has 0 atom stereocenters. The van der Waals surface area contributed by atoms with Crippen molar-refractivity contribution in [3.63, 3.8) is 0 Å². The lowest BCUT2D eigenvalue weighted by atomic mass is 10.1. The number of nitrogens with two attached hydrogens (primary N) is 1. The summed E-state index contributed by atoms with van der Waals surface area (Å²) in [6.07, 6.45) is 0.415. The van der Waals surface area contributed by atoms with Crippen LogP contribution < -0.4 is 5.73 Å². The Morgan fingerprint density at radius 2 is 2.19 bits per heavy atom. The number of carbonyl (C=O) groups is 1. The number of carbonyl (C=O) groups excluding carboxylic acids is 1. The van der Waals surface area contributed by atoms with E-state index in [9.17, 15) is 4.79 Å². The largest absolute Gasteiger partial charge is 0.398 e.